The van der Waals surface area contributed by atoms with Gasteiger partial charge in [-0.15, -0.1) is 6.58 Å². The fourth-order valence-electron chi connectivity index (χ4n) is 1.79. The van der Waals surface area contributed by atoms with Crippen LogP contribution in [0.4, 0.5) is 5.69 Å². The molecule has 19 heavy (non-hydrogen) atoms. The lowest BCUT2D eigenvalue weighted by molar-refractivity contribution is 0.0616. The largest absolute Gasteiger partial charge is 0.495 e. The highest BCUT2D eigenvalue weighted by atomic mass is 16.5. The third-order valence-electron chi connectivity index (χ3n) is 2.85. The van der Waals surface area contributed by atoms with Crippen LogP contribution in [0.2, 0.25) is 0 Å². The molecule has 4 heteroatoms. The van der Waals surface area contributed by atoms with Crippen LogP contribution in [-0.2, 0) is 0 Å². The normalized spacial score (nSPS) is 10.9. The fourth-order valence-corrected chi connectivity index (χ4v) is 1.79. The predicted octanol–water partition coefficient (Wildman–Crippen LogP) is 2.70. The molecule has 0 aliphatic heterocycles. The smallest absolute Gasteiger partial charge is 0.254 e. The van der Waals surface area contributed by atoms with Gasteiger partial charge in [-0.2, -0.15) is 0 Å². The van der Waals surface area contributed by atoms with Gasteiger partial charge in [0.1, 0.15) is 5.75 Å². The Morgan fingerprint density at radius 1 is 1.47 bits per heavy atom. The van der Waals surface area contributed by atoms with E-state index in [4.69, 9.17) is 10.5 Å². The maximum Gasteiger partial charge on any atom is 0.254 e. The molecule has 0 spiro atoms. The second kappa shape index (κ2) is 5.78. The SMILES string of the molecule is C=CCN(C(=O)c1ccc(N)c(OC)c1)C(C)(C)C. The van der Waals surface area contributed by atoms with Crippen LogP contribution in [-0.4, -0.2) is 30.0 Å². The van der Waals surface area contributed by atoms with Crippen molar-refractivity contribution in [3.05, 3.63) is 36.4 Å². The van der Waals surface area contributed by atoms with Gasteiger partial charge in [-0.05, 0) is 39.0 Å². The second-order valence-electron chi connectivity index (χ2n) is 5.33. The Kier molecular flexibility index (Phi) is 4.59. The minimum Gasteiger partial charge on any atom is -0.495 e. The summed E-state index contributed by atoms with van der Waals surface area (Å²) in [6.45, 7) is 10.2. The number of nitrogens with zero attached hydrogens (tertiary/aromatic N) is 1. The number of hydrogen-bond acceptors (Lipinski definition) is 3. The zero-order valence-corrected chi connectivity index (χ0v) is 12.1. The molecule has 1 amide bonds. The highest BCUT2D eigenvalue weighted by molar-refractivity contribution is 5.95. The van der Waals surface area contributed by atoms with Crippen LogP contribution in [0.1, 0.15) is 31.1 Å². The Hall–Kier alpha value is -1.97. The molecule has 0 saturated carbocycles. The number of carbonyl (C=O) groups excluding carboxylic acids is 1. The van der Waals surface area contributed by atoms with Gasteiger partial charge < -0.3 is 15.4 Å². The van der Waals surface area contributed by atoms with Crippen molar-refractivity contribution < 1.29 is 9.53 Å². The van der Waals surface area contributed by atoms with Crippen molar-refractivity contribution in [1.82, 2.24) is 4.90 Å². The van der Waals surface area contributed by atoms with Crippen LogP contribution in [0.15, 0.2) is 30.9 Å². The minimum absolute atomic E-state index is 0.0642. The fraction of sp³-hybridized carbons (Fsp3) is 0.400. The average molecular weight is 262 g/mol. The monoisotopic (exact) mass is 262 g/mol. The molecule has 0 aliphatic rings. The van der Waals surface area contributed by atoms with E-state index < -0.39 is 0 Å². The molecule has 0 fully saturated rings. The topological polar surface area (TPSA) is 55.6 Å². The summed E-state index contributed by atoms with van der Waals surface area (Å²) >= 11 is 0. The Balaban J connectivity index is 3.13. The van der Waals surface area contributed by atoms with Crippen LogP contribution in [0.25, 0.3) is 0 Å². The Labute approximate surface area is 114 Å². The van der Waals surface area contributed by atoms with Gasteiger partial charge in [-0.1, -0.05) is 6.08 Å². The summed E-state index contributed by atoms with van der Waals surface area (Å²) in [4.78, 5) is 14.3. The van der Waals surface area contributed by atoms with Gasteiger partial charge in [-0.25, -0.2) is 0 Å². The van der Waals surface area contributed by atoms with E-state index in [9.17, 15) is 4.79 Å². The number of nitrogen functional groups attached to an aromatic ring is 1. The van der Waals surface area contributed by atoms with Crippen LogP contribution < -0.4 is 10.5 Å². The first-order chi connectivity index (χ1) is 8.81. The summed E-state index contributed by atoms with van der Waals surface area (Å²) in [6, 6.07) is 5.06. The van der Waals surface area contributed by atoms with Gasteiger partial charge in [0, 0.05) is 17.6 Å². The standard InChI is InChI=1S/C15H22N2O2/c1-6-9-17(15(2,3)4)14(18)11-7-8-12(16)13(10-11)19-5/h6-8,10H,1,9,16H2,2-5H3. The number of carbonyl (C=O) groups is 1. The number of rotatable bonds is 4. The minimum atomic E-state index is -0.278. The molecule has 1 aromatic rings. The zero-order valence-electron chi connectivity index (χ0n) is 12.1. The van der Waals surface area contributed by atoms with Crippen LogP contribution in [0.3, 0.4) is 0 Å². The third-order valence-corrected chi connectivity index (χ3v) is 2.85. The van der Waals surface area contributed by atoms with E-state index in [1.165, 1.54) is 7.11 Å². The highest BCUT2D eigenvalue weighted by Gasteiger charge is 2.26. The van der Waals surface area contributed by atoms with E-state index in [2.05, 4.69) is 6.58 Å². The molecule has 2 N–H and O–H groups in total. The molecule has 1 rings (SSSR count). The van der Waals surface area contributed by atoms with E-state index >= 15 is 0 Å². The van der Waals surface area contributed by atoms with Crippen molar-refractivity contribution in [2.75, 3.05) is 19.4 Å². The van der Waals surface area contributed by atoms with Crippen molar-refractivity contribution in [2.24, 2.45) is 0 Å². The van der Waals surface area contributed by atoms with Crippen molar-refractivity contribution >= 4 is 11.6 Å². The first kappa shape index (κ1) is 15.1. The van der Waals surface area contributed by atoms with Crippen LogP contribution in [0.5, 0.6) is 5.75 Å². The molecular formula is C15H22N2O2. The summed E-state index contributed by atoms with van der Waals surface area (Å²) in [5, 5.41) is 0. The summed E-state index contributed by atoms with van der Waals surface area (Å²) in [5.41, 5.74) is 6.55. The maximum absolute atomic E-state index is 12.5. The number of nitrogens with two attached hydrogens (primary N) is 1. The van der Waals surface area contributed by atoms with E-state index in [1.54, 1.807) is 29.2 Å². The summed E-state index contributed by atoms with van der Waals surface area (Å²) < 4.78 is 5.15. The first-order valence-electron chi connectivity index (χ1n) is 6.17. The van der Waals surface area contributed by atoms with Gasteiger partial charge in [0.15, 0.2) is 0 Å². The molecule has 4 nitrogen and oxygen atoms in total. The van der Waals surface area contributed by atoms with Gasteiger partial charge in [0.25, 0.3) is 5.91 Å². The lowest BCUT2D eigenvalue weighted by atomic mass is 10.0. The van der Waals surface area contributed by atoms with E-state index in [0.29, 0.717) is 23.5 Å². The Morgan fingerprint density at radius 2 is 2.11 bits per heavy atom. The molecule has 0 saturated heterocycles. The van der Waals surface area contributed by atoms with Gasteiger partial charge >= 0.3 is 0 Å². The average Bonchev–Trinajstić information content (AvgIpc) is 2.34. The molecule has 0 radical (unpaired) electrons. The maximum atomic E-state index is 12.5. The predicted molar refractivity (Wildman–Crippen MR) is 78.4 cm³/mol. The van der Waals surface area contributed by atoms with Crippen molar-refractivity contribution in [2.45, 2.75) is 26.3 Å². The number of methoxy groups -OCH3 is 1. The molecule has 0 atom stereocenters. The summed E-state index contributed by atoms with van der Waals surface area (Å²) in [5.74, 6) is 0.448. The molecule has 0 unspecified atom stereocenters. The van der Waals surface area contributed by atoms with Gasteiger partial charge in [0.2, 0.25) is 0 Å². The lowest BCUT2D eigenvalue weighted by Gasteiger charge is -2.35. The number of amides is 1. The van der Waals surface area contributed by atoms with Crippen molar-refractivity contribution in [3.8, 4) is 5.75 Å². The van der Waals surface area contributed by atoms with Crippen LogP contribution >= 0.6 is 0 Å². The van der Waals surface area contributed by atoms with Crippen molar-refractivity contribution in [1.29, 1.82) is 0 Å². The van der Waals surface area contributed by atoms with E-state index in [-0.39, 0.29) is 11.4 Å². The van der Waals surface area contributed by atoms with Crippen LogP contribution in [0, 0.1) is 0 Å². The number of ether oxygens (including phenoxy) is 1. The summed E-state index contributed by atoms with van der Waals surface area (Å²) in [7, 11) is 1.53. The van der Waals surface area contributed by atoms with Gasteiger partial charge in [-0.3, -0.25) is 4.79 Å². The molecule has 0 aromatic heterocycles. The number of benzene rings is 1. The zero-order chi connectivity index (χ0) is 14.6. The quantitative estimate of drug-likeness (QED) is 0.670. The second-order valence-corrected chi connectivity index (χ2v) is 5.33. The number of hydrogen-bond donors (Lipinski definition) is 1. The summed E-state index contributed by atoms with van der Waals surface area (Å²) in [6.07, 6.45) is 1.72. The molecular weight excluding hydrogens is 240 g/mol. The molecule has 1 aromatic carbocycles. The van der Waals surface area contributed by atoms with E-state index in [0.717, 1.165) is 0 Å². The van der Waals surface area contributed by atoms with E-state index in [1.807, 2.05) is 20.8 Å². The lowest BCUT2D eigenvalue weighted by Crippen LogP contribution is -2.45. The molecule has 0 bridgehead atoms. The van der Waals surface area contributed by atoms with Gasteiger partial charge in [0.05, 0.1) is 12.8 Å². The Morgan fingerprint density at radius 3 is 2.58 bits per heavy atom. The Bertz CT molecular complexity index is 476. The molecule has 0 heterocycles. The first-order valence-corrected chi connectivity index (χ1v) is 6.17. The molecule has 0 aliphatic carbocycles. The third kappa shape index (κ3) is 3.50. The number of anilines is 1. The van der Waals surface area contributed by atoms with Crippen molar-refractivity contribution in [3.63, 3.8) is 0 Å². The highest BCUT2D eigenvalue weighted by Crippen LogP contribution is 2.24. The molecule has 104 valence electrons.